The highest BCUT2D eigenvalue weighted by Gasteiger charge is 2.48. The summed E-state index contributed by atoms with van der Waals surface area (Å²) < 4.78 is 12.3. The van der Waals surface area contributed by atoms with E-state index in [1.54, 1.807) is 7.11 Å². The Labute approximate surface area is 252 Å². The number of carbonyl (C=O) groups excluding carboxylic acids is 2. The molecule has 3 heterocycles. The number of benzene rings is 1. The number of ketones is 2. The number of nitrogens with zero attached hydrogens (tertiary/aromatic N) is 2. The lowest BCUT2D eigenvalue weighted by molar-refractivity contribution is -0.139. The summed E-state index contributed by atoms with van der Waals surface area (Å²) in [6, 6.07) is 10.8. The molecule has 1 aromatic carbocycles. The first-order valence-electron chi connectivity index (χ1n) is 15.2. The number of methoxy groups -OCH3 is 1. The smallest absolute Gasteiger partial charge is 0.326 e. The molecule has 1 unspecified atom stereocenters. The van der Waals surface area contributed by atoms with Gasteiger partial charge in [0.1, 0.15) is 29.1 Å². The minimum absolute atomic E-state index is 0.00202. The normalized spacial score (nSPS) is 23.5. The molecule has 43 heavy (non-hydrogen) atoms. The van der Waals surface area contributed by atoms with E-state index in [4.69, 9.17) is 14.5 Å². The number of pyridine rings is 1. The van der Waals surface area contributed by atoms with Gasteiger partial charge in [0.25, 0.3) is 0 Å². The molecule has 0 amide bonds. The molecule has 8 nitrogen and oxygen atoms in total. The summed E-state index contributed by atoms with van der Waals surface area (Å²) in [4.78, 5) is 46.4. The van der Waals surface area contributed by atoms with Gasteiger partial charge >= 0.3 is 5.97 Å². The zero-order valence-electron chi connectivity index (χ0n) is 25.7. The number of carboxylic acid groups (broad SMARTS) is 1. The summed E-state index contributed by atoms with van der Waals surface area (Å²) in [5.41, 5.74) is 2.83. The summed E-state index contributed by atoms with van der Waals surface area (Å²) in [7, 11) is 1.60. The van der Waals surface area contributed by atoms with Crippen molar-refractivity contribution in [3.63, 3.8) is 0 Å². The highest BCUT2D eigenvalue weighted by molar-refractivity contribution is 6.06. The largest absolute Gasteiger partial charge is 0.496 e. The van der Waals surface area contributed by atoms with E-state index in [0.29, 0.717) is 78.6 Å². The Morgan fingerprint density at radius 1 is 0.953 bits per heavy atom. The topological polar surface area (TPSA) is 106 Å². The monoisotopic (exact) mass is 584 g/mol. The van der Waals surface area contributed by atoms with Gasteiger partial charge in [0, 0.05) is 54.5 Å². The van der Waals surface area contributed by atoms with Gasteiger partial charge in [-0.15, -0.1) is 0 Å². The first-order chi connectivity index (χ1) is 20.4. The molecule has 2 aliphatic carbocycles. The number of carboxylic acids is 1. The van der Waals surface area contributed by atoms with Gasteiger partial charge < -0.3 is 19.5 Å². The zero-order valence-corrected chi connectivity index (χ0v) is 25.7. The van der Waals surface area contributed by atoms with E-state index in [-0.39, 0.29) is 22.4 Å². The summed E-state index contributed by atoms with van der Waals surface area (Å²) in [5.74, 6) is 1.09. The van der Waals surface area contributed by atoms with Crippen LogP contribution in [0, 0.1) is 10.8 Å². The van der Waals surface area contributed by atoms with Crippen molar-refractivity contribution in [3.05, 3.63) is 64.6 Å². The number of piperidine rings is 1. The van der Waals surface area contributed by atoms with Crippen LogP contribution in [0.2, 0.25) is 0 Å². The van der Waals surface area contributed by atoms with Gasteiger partial charge in [-0.2, -0.15) is 0 Å². The molecule has 1 aromatic heterocycles. The number of rotatable bonds is 5. The third kappa shape index (κ3) is 5.36. The highest BCUT2D eigenvalue weighted by Crippen LogP contribution is 2.54. The fourth-order valence-electron chi connectivity index (χ4n) is 7.31. The van der Waals surface area contributed by atoms with Gasteiger partial charge in [0.15, 0.2) is 11.6 Å². The molecule has 1 fully saturated rings. The molecule has 226 valence electrons. The first-order valence-corrected chi connectivity index (χ1v) is 15.2. The average Bonchev–Trinajstić information content (AvgIpc) is 2.94. The van der Waals surface area contributed by atoms with Crippen LogP contribution in [0.15, 0.2) is 59.1 Å². The molecule has 2 aromatic rings. The van der Waals surface area contributed by atoms with Crippen LogP contribution in [0.25, 0.3) is 11.3 Å². The number of carbonyl (C=O) groups is 3. The van der Waals surface area contributed by atoms with E-state index in [0.717, 1.165) is 24.0 Å². The maximum atomic E-state index is 13.8. The second-order valence-corrected chi connectivity index (χ2v) is 14.0. The van der Waals surface area contributed by atoms with Crippen molar-refractivity contribution in [1.82, 2.24) is 4.98 Å². The van der Waals surface area contributed by atoms with Crippen molar-refractivity contribution in [2.45, 2.75) is 84.6 Å². The molecule has 8 heteroatoms. The Morgan fingerprint density at radius 2 is 1.60 bits per heavy atom. The third-order valence-electron chi connectivity index (χ3n) is 9.23. The lowest BCUT2D eigenvalue weighted by Gasteiger charge is -2.43. The molecule has 4 aliphatic rings. The molecular formula is C35H40N2O6. The summed E-state index contributed by atoms with van der Waals surface area (Å²) in [6.07, 6.45) is 4.35. The lowest BCUT2D eigenvalue weighted by atomic mass is 9.65. The second-order valence-electron chi connectivity index (χ2n) is 14.0. The predicted octanol–water partition coefficient (Wildman–Crippen LogP) is 6.60. The Kier molecular flexibility index (Phi) is 7.22. The van der Waals surface area contributed by atoms with E-state index in [9.17, 15) is 19.5 Å². The molecule has 6 rings (SSSR count). The van der Waals surface area contributed by atoms with E-state index in [1.165, 1.54) is 0 Å². The summed E-state index contributed by atoms with van der Waals surface area (Å²) >= 11 is 0. The van der Waals surface area contributed by atoms with Crippen LogP contribution in [-0.2, 0) is 19.1 Å². The SMILES string of the molecule is COc1ccc(-c2cccc(N3CCCCC3C(=O)O)n2)cc1C1C2=C(CC(C)(C)CC2=O)OC2=C1C(=O)CC(C)(C)C2. The van der Waals surface area contributed by atoms with E-state index < -0.39 is 17.9 Å². The summed E-state index contributed by atoms with van der Waals surface area (Å²) in [6.45, 7) is 8.93. The number of ether oxygens (including phenoxy) is 2. The minimum atomic E-state index is -0.841. The van der Waals surface area contributed by atoms with Crippen molar-refractivity contribution < 1.29 is 29.0 Å². The average molecular weight is 585 g/mol. The maximum Gasteiger partial charge on any atom is 0.326 e. The number of Topliss-reactive ketones (excluding diaryl/α,β-unsaturated/α-hetero) is 2. The Bertz CT molecular complexity index is 1530. The standard InChI is InChI=1S/C35H40N2O6/c1-34(2)16-24(38)31-27(18-34)43-28-19-35(3,4)17-25(39)32(28)30(31)21-15-20(12-13-26(21)42-5)22-9-8-11-29(36-22)37-14-7-6-10-23(37)33(40)41/h8-9,11-13,15,23,30H,6-7,10,14,16-19H2,1-5H3,(H,40,41). The molecule has 1 atom stereocenters. The van der Waals surface area contributed by atoms with Crippen LogP contribution >= 0.6 is 0 Å². The third-order valence-corrected chi connectivity index (χ3v) is 9.23. The minimum Gasteiger partial charge on any atom is -0.496 e. The number of allylic oxidation sites excluding steroid dienone is 4. The molecular weight excluding hydrogens is 544 g/mol. The number of hydrogen-bond donors (Lipinski definition) is 1. The summed E-state index contributed by atoms with van der Waals surface area (Å²) in [5, 5.41) is 9.83. The number of aliphatic carboxylic acids is 1. The second kappa shape index (κ2) is 10.6. The zero-order chi connectivity index (χ0) is 30.7. The van der Waals surface area contributed by atoms with E-state index >= 15 is 0 Å². The van der Waals surface area contributed by atoms with Crippen molar-refractivity contribution in [2.75, 3.05) is 18.6 Å². The molecule has 2 aliphatic heterocycles. The van der Waals surface area contributed by atoms with Gasteiger partial charge in [0.05, 0.1) is 18.7 Å². The Hall–Kier alpha value is -3.94. The van der Waals surface area contributed by atoms with Crippen LogP contribution in [0.5, 0.6) is 5.75 Å². The van der Waals surface area contributed by atoms with Crippen LogP contribution in [0.4, 0.5) is 5.82 Å². The van der Waals surface area contributed by atoms with Gasteiger partial charge in [-0.1, -0.05) is 33.8 Å². The van der Waals surface area contributed by atoms with E-state index in [1.807, 2.05) is 41.3 Å². The van der Waals surface area contributed by atoms with Crippen LogP contribution in [0.1, 0.15) is 84.1 Å². The maximum absolute atomic E-state index is 13.8. The van der Waals surface area contributed by atoms with Crippen molar-refractivity contribution in [3.8, 4) is 17.0 Å². The number of anilines is 1. The fraction of sp³-hybridized carbons (Fsp3) is 0.486. The van der Waals surface area contributed by atoms with Crippen molar-refractivity contribution >= 4 is 23.4 Å². The molecule has 1 N–H and O–H groups in total. The molecule has 0 bridgehead atoms. The lowest BCUT2D eigenvalue weighted by Crippen LogP contribution is -2.45. The predicted molar refractivity (Wildman–Crippen MR) is 163 cm³/mol. The molecule has 0 saturated carbocycles. The quantitative estimate of drug-likeness (QED) is 0.419. The van der Waals surface area contributed by atoms with Crippen LogP contribution < -0.4 is 9.64 Å². The first kappa shape index (κ1) is 29.1. The van der Waals surface area contributed by atoms with Gasteiger partial charge in [-0.05, 0) is 60.4 Å². The van der Waals surface area contributed by atoms with Gasteiger partial charge in [-0.3, -0.25) is 9.59 Å². The van der Waals surface area contributed by atoms with Gasteiger partial charge in [0.2, 0.25) is 0 Å². The highest BCUT2D eigenvalue weighted by atomic mass is 16.5. The Morgan fingerprint density at radius 3 is 2.21 bits per heavy atom. The van der Waals surface area contributed by atoms with Gasteiger partial charge in [-0.25, -0.2) is 9.78 Å². The Balaban J connectivity index is 1.49. The fourth-order valence-corrected chi connectivity index (χ4v) is 7.31. The van der Waals surface area contributed by atoms with Crippen molar-refractivity contribution in [1.29, 1.82) is 0 Å². The molecule has 1 saturated heterocycles. The molecule has 0 spiro atoms. The van der Waals surface area contributed by atoms with Crippen LogP contribution in [-0.4, -0.2) is 47.3 Å². The van der Waals surface area contributed by atoms with E-state index in [2.05, 4.69) is 27.7 Å². The molecule has 0 radical (unpaired) electrons. The number of aromatic nitrogens is 1. The van der Waals surface area contributed by atoms with Crippen molar-refractivity contribution in [2.24, 2.45) is 10.8 Å². The van der Waals surface area contributed by atoms with Crippen LogP contribution in [0.3, 0.4) is 0 Å². The number of hydrogen-bond acceptors (Lipinski definition) is 7.